The van der Waals surface area contributed by atoms with Gasteiger partial charge < -0.3 is 14.8 Å². The monoisotopic (exact) mass is 338 g/mol. The molecule has 0 fully saturated rings. The maximum Gasteiger partial charge on any atom is 0.232 e. The van der Waals surface area contributed by atoms with E-state index >= 15 is 0 Å². The summed E-state index contributed by atoms with van der Waals surface area (Å²) < 4.78 is 12.9. The second-order valence-corrected chi connectivity index (χ2v) is 5.84. The minimum atomic E-state index is -0.275. The van der Waals surface area contributed by atoms with Crippen molar-refractivity contribution >= 4 is 17.4 Å². The van der Waals surface area contributed by atoms with Crippen molar-refractivity contribution in [2.75, 3.05) is 18.5 Å². The lowest BCUT2D eigenvalue weighted by Gasteiger charge is -2.25. The van der Waals surface area contributed by atoms with Gasteiger partial charge in [0.1, 0.15) is 23.9 Å². The quantitative estimate of drug-likeness (QED) is 0.790. The lowest BCUT2D eigenvalue weighted by Crippen LogP contribution is -2.33. The van der Waals surface area contributed by atoms with Crippen molar-refractivity contribution in [3.8, 4) is 11.5 Å². The van der Waals surface area contributed by atoms with Crippen molar-refractivity contribution in [1.82, 2.24) is 14.6 Å². The van der Waals surface area contributed by atoms with Crippen LogP contribution in [0, 0.1) is 5.92 Å². The summed E-state index contributed by atoms with van der Waals surface area (Å²) >= 11 is 0. The van der Waals surface area contributed by atoms with E-state index in [0.717, 1.165) is 17.1 Å². The molecule has 7 nitrogen and oxygen atoms in total. The Bertz CT molecular complexity index is 922. The maximum absolute atomic E-state index is 12.7. The van der Waals surface area contributed by atoms with E-state index in [4.69, 9.17) is 9.47 Å². The normalized spacial score (nSPS) is 16.1. The summed E-state index contributed by atoms with van der Waals surface area (Å²) in [5.74, 6) is 1.82. The standard InChI is InChI=1S/C18H18N4O3/c1-2-24-14-3-4-15-12(10-14)9-13(11-25-15)18(23)21-17-5-7-19-16-6-8-20-22(16)17/h3-8,10,13H,2,9,11H2,1H3,(H,21,23)/t13-/m0/s1. The molecule has 1 aromatic carbocycles. The van der Waals surface area contributed by atoms with Crippen LogP contribution in [0.2, 0.25) is 0 Å². The van der Waals surface area contributed by atoms with Gasteiger partial charge in [-0.1, -0.05) is 0 Å². The van der Waals surface area contributed by atoms with Gasteiger partial charge in [0, 0.05) is 12.3 Å². The average molecular weight is 338 g/mol. The minimum absolute atomic E-state index is 0.101. The van der Waals surface area contributed by atoms with E-state index in [0.29, 0.717) is 31.1 Å². The van der Waals surface area contributed by atoms with Gasteiger partial charge in [-0.15, -0.1) is 0 Å². The fraction of sp³-hybridized carbons (Fsp3) is 0.278. The fourth-order valence-corrected chi connectivity index (χ4v) is 2.95. The van der Waals surface area contributed by atoms with Crippen LogP contribution in [0.3, 0.4) is 0 Å². The Kier molecular flexibility index (Phi) is 3.97. The van der Waals surface area contributed by atoms with Crippen LogP contribution in [0.5, 0.6) is 11.5 Å². The van der Waals surface area contributed by atoms with E-state index in [2.05, 4.69) is 15.4 Å². The van der Waals surface area contributed by atoms with Crippen LogP contribution < -0.4 is 14.8 Å². The molecule has 2 aromatic heterocycles. The molecule has 3 aromatic rings. The van der Waals surface area contributed by atoms with Crippen LogP contribution in [-0.2, 0) is 11.2 Å². The number of ether oxygens (including phenoxy) is 2. The van der Waals surface area contributed by atoms with Crippen molar-refractivity contribution in [3.63, 3.8) is 0 Å². The molecule has 3 heterocycles. The molecule has 0 radical (unpaired) electrons. The van der Waals surface area contributed by atoms with Crippen LogP contribution >= 0.6 is 0 Å². The summed E-state index contributed by atoms with van der Waals surface area (Å²) in [4.78, 5) is 16.9. The first kappa shape index (κ1) is 15.4. The second-order valence-electron chi connectivity index (χ2n) is 5.84. The van der Waals surface area contributed by atoms with Gasteiger partial charge in [-0.3, -0.25) is 4.79 Å². The Balaban J connectivity index is 1.52. The predicted molar refractivity (Wildman–Crippen MR) is 91.9 cm³/mol. The third kappa shape index (κ3) is 3.00. The van der Waals surface area contributed by atoms with Crippen molar-refractivity contribution in [3.05, 3.63) is 48.3 Å². The molecule has 0 saturated heterocycles. The minimum Gasteiger partial charge on any atom is -0.494 e. The summed E-state index contributed by atoms with van der Waals surface area (Å²) in [6.45, 7) is 2.89. The highest BCUT2D eigenvalue weighted by Gasteiger charge is 2.27. The second kappa shape index (κ2) is 6.43. The van der Waals surface area contributed by atoms with E-state index < -0.39 is 0 Å². The Labute approximate surface area is 144 Å². The number of hydrogen-bond acceptors (Lipinski definition) is 5. The number of rotatable bonds is 4. The molecular weight excluding hydrogens is 320 g/mol. The molecule has 1 amide bonds. The summed E-state index contributed by atoms with van der Waals surface area (Å²) in [7, 11) is 0. The van der Waals surface area contributed by atoms with Gasteiger partial charge in [0.2, 0.25) is 5.91 Å². The molecule has 1 N–H and O–H groups in total. The van der Waals surface area contributed by atoms with Crippen molar-refractivity contribution < 1.29 is 14.3 Å². The third-order valence-corrected chi connectivity index (χ3v) is 4.16. The van der Waals surface area contributed by atoms with Crippen LogP contribution in [0.25, 0.3) is 5.65 Å². The van der Waals surface area contributed by atoms with Crippen molar-refractivity contribution in [2.24, 2.45) is 5.92 Å². The van der Waals surface area contributed by atoms with E-state index in [-0.39, 0.29) is 11.8 Å². The first-order valence-electron chi connectivity index (χ1n) is 8.22. The molecule has 128 valence electrons. The summed E-state index contributed by atoms with van der Waals surface area (Å²) in [5, 5.41) is 7.10. The molecular formula is C18H18N4O3. The van der Waals surface area contributed by atoms with Crippen molar-refractivity contribution in [1.29, 1.82) is 0 Å². The van der Waals surface area contributed by atoms with Gasteiger partial charge in [-0.2, -0.15) is 9.61 Å². The molecule has 0 aliphatic carbocycles. The molecule has 0 spiro atoms. The molecule has 0 unspecified atom stereocenters. The van der Waals surface area contributed by atoms with Gasteiger partial charge in [-0.05, 0) is 43.2 Å². The number of fused-ring (bicyclic) bond motifs is 2. The predicted octanol–water partition coefficient (Wildman–Crippen LogP) is 2.32. The zero-order valence-corrected chi connectivity index (χ0v) is 13.8. The van der Waals surface area contributed by atoms with Gasteiger partial charge >= 0.3 is 0 Å². The first-order chi connectivity index (χ1) is 12.2. The smallest absolute Gasteiger partial charge is 0.232 e. The SMILES string of the molecule is CCOc1ccc2c(c1)C[C@H](C(=O)Nc1ccnc3ccnn13)CO2. The van der Waals surface area contributed by atoms with E-state index in [1.165, 1.54) is 0 Å². The first-order valence-corrected chi connectivity index (χ1v) is 8.22. The lowest BCUT2D eigenvalue weighted by atomic mass is 9.96. The summed E-state index contributed by atoms with van der Waals surface area (Å²) in [5.41, 5.74) is 1.67. The molecule has 1 aliphatic rings. The van der Waals surface area contributed by atoms with Crippen LogP contribution in [0.15, 0.2) is 42.7 Å². The molecule has 1 atom stereocenters. The Hall–Kier alpha value is -3.09. The van der Waals surface area contributed by atoms with Gasteiger partial charge in [-0.25, -0.2) is 4.98 Å². The van der Waals surface area contributed by atoms with E-state index in [1.54, 1.807) is 29.0 Å². The van der Waals surface area contributed by atoms with Crippen LogP contribution in [0.4, 0.5) is 5.82 Å². The maximum atomic E-state index is 12.7. The largest absolute Gasteiger partial charge is 0.494 e. The molecule has 25 heavy (non-hydrogen) atoms. The molecule has 4 rings (SSSR count). The van der Waals surface area contributed by atoms with E-state index in [9.17, 15) is 4.79 Å². The average Bonchev–Trinajstić information content (AvgIpc) is 3.11. The Morgan fingerprint density at radius 2 is 2.28 bits per heavy atom. The van der Waals surface area contributed by atoms with Gasteiger partial charge in [0.25, 0.3) is 0 Å². The topological polar surface area (TPSA) is 77.8 Å². The molecule has 1 aliphatic heterocycles. The lowest BCUT2D eigenvalue weighted by molar-refractivity contribution is -0.121. The number of carbonyl (C=O) groups is 1. The zero-order valence-electron chi connectivity index (χ0n) is 13.8. The summed E-state index contributed by atoms with van der Waals surface area (Å²) in [6.07, 6.45) is 3.90. The highest BCUT2D eigenvalue weighted by atomic mass is 16.5. The number of hydrogen-bond donors (Lipinski definition) is 1. The highest BCUT2D eigenvalue weighted by Crippen LogP contribution is 2.31. The number of carbonyl (C=O) groups excluding carboxylic acids is 1. The Morgan fingerprint density at radius 3 is 3.16 bits per heavy atom. The number of anilines is 1. The van der Waals surface area contributed by atoms with Crippen LogP contribution in [-0.4, -0.2) is 33.7 Å². The number of benzene rings is 1. The van der Waals surface area contributed by atoms with E-state index in [1.807, 2.05) is 25.1 Å². The fourth-order valence-electron chi connectivity index (χ4n) is 2.95. The number of amides is 1. The molecule has 0 bridgehead atoms. The summed E-state index contributed by atoms with van der Waals surface area (Å²) in [6, 6.07) is 9.22. The Morgan fingerprint density at radius 1 is 1.36 bits per heavy atom. The number of aromatic nitrogens is 3. The molecule has 0 saturated carbocycles. The van der Waals surface area contributed by atoms with Crippen molar-refractivity contribution in [2.45, 2.75) is 13.3 Å². The van der Waals surface area contributed by atoms with Crippen LogP contribution in [0.1, 0.15) is 12.5 Å². The number of nitrogens with zero attached hydrogens (tertiary/aromatic N) is 3. The van der Waals surface area contributed by atoms with Gasteiger partial charge in [0.05, 0.1) is 18.7 Å². The third-order valence-electron chi connectivity index (χ3n) is 4.16. The molecule has 7 heteroatoms. The van der Waals surface area contributed by atoms with Gasteiger partial charge in [0.15, 0.2) is 5.65 Å². The zero-order chi connectivity index (χ0) is 17.2. The number of nitrogens with one attached hydrogen (secondary N) is 1. The highest BCUT2D eigenvalue weighted by molar-refractivity contribution is 5.92.